The van der Waals surface area contributed by atoms with Gasteiger partial charge >= 0.3 is 0 Å². The molecule has 1 aliphatic carbocycles. The van der Waals surface area contributed by atoms with Crippen molar-refractivity contribution in [3.8, 4) is 5.75 Å². The lowest BCUT2D eigenvalue weighted by Gasteiger charge is -2.28. The summed E-state index contributed by atoms with van der Waals surface area (Å²) in [5.41, 5.74) is 0.714. The lowest BCUT2D eigenvalue weighted by atomic mass is 9.89. The van der Waals surface area contributed by atoms with Gasteiger partial charge in [0.1, 0.15) is 12.4 Å². The first-order valence-corrected chi connectivity index (χ1v) is 10.5. The molecule has 0 aromatic heterocycles. The molecular formula is C22H34N2O3. The highest BCUT2D eigenvalue weighted by Gasteiger charge is 2.23. The maximum Gasteiger partial charge on any atom is 0.254 e. The monoisotopic (exact) mass is 374 g/mol. The van der Waals surface area contributed by atoms with Crippen LogP contribution in [0.1, 0.15) is 48.9 Å². The predicted octanol–water partition coefficient (Wildman–Crippen LogP) is 3.44. The van der Waals surface area contributed by atoms with Crippen molar-refractivity contribution in [2.45, 2.75) is 38.5 Å². The first-order valence-electron chi connectivity index (χ1n) is 10.5. The van der Waals surface area contributed by atoms with E-state index in [9.17, 15) is 4.79 Å². The summed E-state index contributed by atoms with van der Waals surface area (Å²) < 4.78 is 10.7. The average molecular weight is 375 g/mol. The number of nitrogens with zero attached hydrogens (tertiary/aromatic N) is 2. The topological polar surface area (TPSA) is 42.0 Å². The fourth-order valence-electron chi connectivity index (χ4n) is 4.24. The van der Waals surface area contributed by atoms with E-state index in [-0.39, 0.29) is 5.91 Å². The first kappa shape index (κ1) is 20.2. The van der Waals surface area contributed by atoms with Crippen LogP contribution in [0.25, 0.3) is 0 Å². The minimum Gasteiger partial charge on any atom is -0.491 e. The standard InChI is InChI=1S/C22H34N2O3/c1-26-15-16-27-21-10-5-9-20(17-21)22(25)24-12-6-11-23(13-14-24)18-19-7-3-2-4-8-19/h5,9-10,17,19H,2-4,6-8,11-16,18H2,1H3. The van der Waals surface area contributed by atoms with Crippen LogP contribution in [0.2, 0.25) is 0 Å². The molecule has 1 aliphatic heterocycles. The van der Waals surface area contributed by atoms with Crippen LogP contribution in [0.4, 0.5) is 0 Å². The van der Waals surface area contributed by atoms with E-state index in [0.717, 1.165) is 44.3 Å². The second-order valence-corrected chi connectivity index (χ2v) is 7.82. The summed E-state index contributed by atoms with van der Waals surface area (Å²) >= 11 is 0. The Balaban J connectivity index is 1.52. The predicted molar refractivity (Wildman–Crippen MR) is 107 cm³/mol. The Bertz CT molecular complexity index is 587. The van der Waals surface area contributed by atoms with Gasteiger partial charge in [0.25, 0.3) is 5.91 Å². The van der Waals surface area contributed by atoms with Crippen molar-refractivity contribution in [1.29, 1.82) is 0 Å². The summed E-state index contributed by atoms with van der Waals surface area (Å²) in [6, 6.07) is 7.52. The van der Waals surface area contributed by atoms with E-state index in [1.807, 2.05) is 29.2 Å². The Morgan fingerprint density at radius 3 is 2.70 bits per heavy atom. The van der Waals surface area contributed by atoms with Gasteiger partial charge in [-0.25, -0.2) is 0 Å². The zero-order valence-electron chi connectivity index (χ0n) is 16.7. The average Bonchev–Trinajstić information content (AvgIpc) is 2.94. The molecular weight excluding hydrogens is 340 g/mol. The van der Waals surface area contributed by atoms with Gasteiger partial charge in [0.2, 0.25) is 0 Å². The van der Waals surface area contributed by atoms with Gasteiger partial charge in [0.05, 0.1) is 6.61 Å². The Morgan fingerprint density at radius 1 is 1.04 bits per heavy atom. The number of benzene rings is 1. The molecule has 0 unspecified atom stereocenters. The summed E-state index contributed by atoms with van der Waals surface area (Å²) in [5, 5.41) is 0. The molecule has 0 bridgehead atoms. The smallest absolute Gasteiger partial charge is 0.254 e. The molecule has 2 aliphatic rings. The Morgan fingerprint density at radius 2 is 1.89 bits per heavy atom. The summed E-state index contributed by atoms with van der Waals surface area (Å²) in [5.74, 6) is 1.71. The Kier molecular flexibility index (Phi) is 7.96. The zero-order chi connectivity index (χ0) is 18.9. The van der Waals surface area contributed by atoms with Crippen LogP contribution in [0, 0.1) is 5.92 Å². The van der Waals surface area contributed by atoms with E-state index in [1.165, 1.54) is 38.6 Å². The third kappa shape index (κ3) is 6.22. The van der Waals surface area contributed by atoms with Crippen LogP contribution >= 0.6 is 0 Å². The third-order valence-corrected chi connectivity index (χ3v) is 5.75. The highest BCUT2D eigenvalue weighted by atomic mass is 16.5. The van der Waals surface area contributed by atoms with Crippen molar-refractivity contribution >= 4 is 5.91 Å². The van der Waals surface area contributed by atoms with Crippen LogP contribution in [-0.2, 0) is 4.74 Å². The molecule has 0 radical (unpaired) electrons. The molecule has 2 fully saturated rings. The van der Waals surface area contributed by atoms with Crippen molar-refractivity contribution in [2.24, 2.45) is 5.92 Å². The molecule has 1 saturated heterocycles. The van der Waals surface area contributed by atoms with Crippen molar-refractivity contribution in [3.63, 3.8) is 0 Å². The second kappa shape index (κ2) is 10.7. The van der Waals surface area contributed by atoms with Crippen molar-refractivity contribution < 1.29 is 14.3 Å². The molecule has 0 N–H and O–H groups in total. The van der Waals surface area contributed by atoms with Gasteiger partial charge in [0.15, 0.2) is 0 Å². The highest BCUT2D eigenvalue weighted by molar-refractivity contribution is 5.94. The normalized spacial score (nSPS) is 19.7. The molecule has 1 aromatic carbocycles. The van der Waals surface area contributed by atoms with E-state index in [4.69, 9.17) is 9.47 Å². The number of amides is 1. The molecule has 0 atom stereocenters. The number of hydrogen-bond donors (Lipinski definition) is 0. The van der Waals surface area contributed by atoms with Gasteiger partial charge in [-0.05, 0) is 49.9 Å². The van der Waals surface area contributed by atoms with Gasteiger partial charge in [-0.1, -0.05) is 25.3 Å². The third-order valence-electron chi connectivity index (χ3n) is 5.75. The fourth-order valence-corrected chi connectivity index (χ4v) is 4.24. The van der Waals surface area contributed by atoms with Gasteiger partial charge in [-0.15, -0.1) is 0 Å². The summed E-state index contributed by atoms with van der Waals surface area (Å²) in [6.45, 7) is 6.02. The lowest BCUT2D eigenvalue weighted by Crippen LogP contribution is -2.36. The first-order chi connectivity index (χ1) is 13.3. The largest absolute Gasteiger partial charge is 0.491 e. The second-order valence-electron chi connectivity index (χ2n) is 7.82. The summed E-state index contributed by atoms with van der Waals surface area (Å²) in [7, 11) is 1.65. The van der Waals surface area contributed by atoms with E-state index in [2.05, 4.69) is 4.90 Å². The number of carbonyl (C=O) groups excluding carboxylic acids is 1. The molecule has 1 amide bonds. The number of methoxy groups -OCH3 is 1. The Hall–Kier alpha value is -1.59. The van der Waals surface area contributed by atoms with Crippen LogP contribution in [0.3, 0.4) is 0 Å². The molecule has 3 rings (SSSR count). The molecule has 5 heteroatoms. The minimum atomic E-state index is 0.117. The van der Waals surface area contributed by atoms with Crippen LogP contribution in [-0.4, -0.2) is 68.8 Å². The molecule has 1 saturated carbocycles. The number of carbonyl (C=O) groups is 1. The van der Waals surface area contributed by atoms with Gasteiger partial charge in [0, 0.05) is 38.9 Å². The van der Waals surface area contributed by atoms with Crippen LogP contribution in [0.5, 0.6) is 5.75 Å². The lowest BCUT2D eigenvalue weighted by molar-refractivity contribution is 0.0759. The number of hydrogen-bond acceptors (Lipinski definition) is 4. The highest BCUT2D eigenvalue weighted by Crippen LogP contribution is 2.25. The summed E-state index contributed by atoms with van der Waals surface area (Å²) in [4.78, 5) is 17.5. The van der Waals surface area contributed by atoms with Crippen LogP contribution < -0.4 is 4.74 Å². The maximum atomic E-state index is 13.0. The number of rotatable bonds is 7. The van der Waals surface area contributed by atoms with E-state index in [1.54, 1.807) is 7.11 Å². The van der Waals surface area contributed by atoms with Crippen LogP contribution in [0.15, 0.2) is 24.3 Å². The molecule has 1 aromatic rings. The zero-order valence-corrected chi connectivity index (χ0v) is 16.7. The summed E-state index contributed by atoms with van der Waals surface area (Å²) in [6.07, 6.45) is 8.03. The fraction of sp³-hybridized carbons (Fsp3) is 0.682. The van der Waals surface area contributed by atoms with E-state index >= 15 is 0 Å². The van der Waals surface area contributed by atoms with E-state index < -0.39 is 0 Å². The molecule has 5 nitrogen and oxygen atoms in total. The van der Waals surface area contributed by atoms with Crippen molar-refractivity contribution in [1.82, 2.24) is 9.80 Å². The quantitative estimate of drug-likeness (QED) is 0.686. The van der Waals surface area contributed by atoms with Crippen molar-refractivity contribution in [3.05, 3.63) is 29.8 Å². The maximum absolute atomic E-state index is 13.0. The van der Waals surface area contributed by atoms with Gasteiger partial charge < -0.3 is 19.3 Å². The SMILES string of the molecule is COCCOc1cccc(C(=O)N2CCCN(CC3CCCCC3)CC2)c1. The van der Waals surface area contributed by atoms with Gasteiger partial charge in [-0.3, -0.25) is 4.79 Å². The molecule has 0 spiro atoms. The minimum absolute atomic E-state index is 0.117. The Labute approximate surface area is 163 Å². The van der Waals surface area contributed by atoms with Gasteiger partial charge in [-0.2, -0.15) is 0 Å². The molecule has 150 valence electrons. The van der Waals surface area contributed by atoms with E-state index in [0.29, 0.717) is 18.8 Å². The van der Waals surface area contributed by atoms with Crippen molar-refractivity contribution in [2.75, 3.05) is 53.0 Å². The number of ether oxygens (including phenoxy) is 2. The molecule has 1 heterocycles. The molecule has 27 heavy (non-hydrogen) atoms.